The van der Waals surface area contributed by atoms with Crippen molar-refractivity contribution in [3.05, 3.63) is 80.3 Å². The Balaban J connectivity index is 2.09. The fourth-order valence-electron chi connectivity index (χ4n) is 2.50. The smallest absolute Gasteiger partial charge is 0.358 e. The van der Waals surface area contributed by atoms with E-state index in [1.165, 1.54) is 18.2 Å². The van der Waals surface area contributed by atoms with Crippen LogP contribution in [0.1, 0.15) is 16.1 Å². The number of benzene rings is 2. The summed E-state index contributed by atoms with van der Waals surface area (Å²) in [5, 5.41) is 30.2. The van der Waals surface area contributed by atoms with E-state index in [0.29, 0.717) is 0 Å². The lowest BCUT2D eigenvalue weighted by Gasteiger charge is -2.10. The Labute approximate surface area is 156 Å². The van der Waals surface area contributed by atoms with Crippen molar-refractivity contribution in [1.82, 2.24) is 9.97 Å². The molecule has 0 aliphatic carbocycles. The molecule has 1 aromatic heterocycles. The van der Waals surface area contributed by atoms with Crippen molar-refractivity contribution < 1.29 is 24.7 Å². The van der Waals surface area contributed by atoms with Crippen LogP contribution in [0.3, 0.4) is 0 Å². The number of aromatic nitrogens is 2. The third-order valence-electron chi connectivity index (χ3n) is 3.77. The first kappa shape index (κ1) is 18.6. The van der Waals surface area contributed by atoms with Crippen LogP contribution in [0.5, 0.6) is 11.5 Å². The lowest BCUT2D eigenvalue weighted by molar-refractivity contribution is -0.385. The summed E-state index contributed by atoms with van der Waals surface area (Å²) in [4.78, 5) is 39.7. The molecule has 2 aromatic carbocycles. The number of ether oxygens (including phenoxy) is 1. The SMILES string of the molecule is O=C(O)c1nc(-c2cccc(OCc3ccccc3)c2[N+](=O)[O-])[nH]c(=O)c1O. The van der Waals surface area contributed by atoms with Crippen molar-refractivity contribution in [2.75, 3.05) is 0 Å². The highest BCUT2D eigenvalue weighted by molar-refractivity contribution is 5.89. The maximum atomic E-state index is 11.8. The summed E-state index contributed by atoms with van der Waals surface area (Å²) in [7, 11) is 0. The first-order valence-corrected chi connectivity index (χ1v) is 7.89. The molecule has 0 aliphatic heterocycles. The van der Waals surface area contributed by atoms with E-state index in [0.717, 1.165) is 5.56 Å². The van der Waals surface area contributed by atoms with Gasteiger partial charge in [0, 0.05) is 0 Å². The normalized spacial score (nSPS) is 10.4. The molecule has 142 valence electrons. The van der Waals surface area contributed by atoms with Crippen LogP contribution in [0.15, 0.2) is 53.3 Å². The number of nitro benzene ring substituents is 1. The summed E-state index contributed by atoms with van der Waals surface area (Å²) >= 11 is 0. The van der Waals surface area contributed by atoms with E-state index in [4.69, 9.17) is 9.84 Å². The van der Waals surface area contributed by atoms with E-state index in [1.54, 1.807) is 24.3 Å². The number of carbonyl (C=O) groups is 1. The first-order chi connectivity index (χ1) is 13.4. The van der Waals surface area contributed by atoms with Crippen LogP contribution in [0.25, 0.3) is 11.4 Å². The first-order valence-electron chi connectivity index (χ1n) is 7.89. The van der Waals surface area contributed by atoms with E-state index in [1.807, 2.05) is 6.07 Å². The van der Waals surface area contributed by atoms with Crippen LogP contribution in [0.2, 0.25) is 0 Å². The van der Waals surface area contributed by atoms with Gasteiger partial charge in [0.15, 0.2) is 11.4 Å². The number of carboxylic acids is 1. The van der Waals surface area contributed by atoms with Gasteiger partial charge in [-0.25, -0.2) is 9.78 Å². The van der Waals surface area contributed by atoms with E-state index in [2.05, 4.69) is 9.97 Å². The fraction of sp³-hybridized carbons (Fsp3) is 0.0556. The van der Waals surface area contributed by atoms with Crippen LogP contribution >= 0.6 is 0 Å². The molecule has 0 radical (unpaired) electrons. The van der Waals surface area contributed by atoms with Gasteiger partial charge >= 0.3 is 11.7 Å². The van der Waals surface area contributed by atoms with Crippen LogP contribution in [-0.2, 0) is 6.61 Å². The Morgan fingerprint density at radius 3 is 2.54 bits per heavy atom. The number of carboxylic acid groups (broad SMARTS) is 1. The topological polar surface area (TPSA) is 156 Å². The zero-order valence-corrected chi connectivity index (χ0v) is 14.2. The van der Waals surface area contributed by atoms with Crippen LogP contribution in [-0.4, -0.2) is 31.1 Å². The average molecular weight is 383 g/mol. The number of H-pyrrole nitrogens is 1. The molecule has 0 amide bonds. The maximum Gasteiger partial charge on any atom is 0.358 e. The molecule has 0 bridgehead atoms. The lowest BCUT2D eigenvalue weighted by atomic mass is 10.1. The van der Waals surface area contributed by atoms with Gasteiger partial charge in [-0.15, -0.1) is 0 Å². The summed E-state index contributed by atoms with van der Waals surface area (Å²) in [5.41, 5.74) is -1.92. The standard InChI is InChI=1S/C18H13N3O7/c22-15-13(18(24)25)19-16(20-17(15)23)11-7-4-8-12(14(11)21(26)27)28-9-10-5-2-1-3-6-10/h1-8,22H,9H2,(H,24,25)(H,19,20,23). The van der Waals surface area contributed by atoms with Crippen molar-refractivity contribution >= 4 is 11.7 Å². The van der Waals surface area contributed by atoms with Gasteiger partial charge in [-0.3, -0.25) is 14.9 Å². The predicted molar refractivity (Wildman–Crippen MR) is 96.3 cm³/mol. The second-order valence-corrected chi connectivity index (χ2v) is 5.60. The molecule has 0 unspecified atom stereocenters. The van der Waals surface area contributed by atoms with Crippen molar-refractivity contribution in [2.24, 2.45) is 0 Å². The molecule has 1 heterocycles. The fourth-order valence-corrected chi connectivity index (χ4v) is 2.50. The van der Waals surface area contributed by atoms with Crippen molar-refractivity contribution in [3.63, 3.8) is 0 Å². The number of aromatic hydroxyl groups is 1. The Hall–Kier alpha value is -4.21. The monoisotopic (exact) mass is 383 g/mol. The summed E-state index contributed by atoms with van der Waals surface area (Å²) in [5.74, 6) is -3.20. The molecule has 0 aliphatic rings. The summed E-state index contributed by atoms with van der Waals surface area (Å²) < 4.78 is 5.55. The highest BCUT2D eigenvalue weighted by Gasteiger charge is 2.26. The molecule has 0 spiro atoms. The van der Waals surface area contributed by atoms with Crippen molar-refractivity contribution in [3.8, 4) is 22.9 Å². The second kappa shape index (κ2) is 7.58. The van der Waals surface area contributed by atoms with Gasteiger partial charge in [0.1, 0.15) is 12.4 Å². The van der Waals surface area contributed by atoms with Gasteiger partial charge in [0.2, 0.25) is 5.75 Å². The molecule has 0 atom stereocenters. The van der Waals surface area contributed by atoms with Gasteiger partial charge in [0.25, 0.3) is 5.56 Å². The number of para-hydroxylation sites is 1. The highest BCUT2D eigenvalue weighted by atomic mass is 16.6. The maximum absolute atomic E-state index is 11.8. The molecule has 3 rings (SSSR count). The molecule has 3 aromatic rings. The number of nitrogens with one attached hydrogen (secondary N) is 1. The molecular formula is C18H13N3O7. The molecule has 10 heteroatoms. The van der Waals surface area contributed by atoms with Gasteiger partial charge < -0.3 is 19.9 Å². The molecule has 10 nitrogen and oxygen atoms in total. The lowest BCUT2D eigenvalue weighted by Crippen LogP contribution is -2.15. The number of nitro groups is 1. The minimum Gasteiger partial charge on any atom is -0.501 e. The Kier molecular flexibility index (Phi) is 5.03. The highest BCUT2D eigenvalue weighted by Crippen LogP contribution is 2.36. The Bertz CT molecular complexity index is 1110. The molecule has 0 saturated carbocycles. The third kappa shape index (κ3) is 3.65. The quantitative estimate of drug-likeness (QED) is 0.432. The summed E-state index contributed by atoms with van der Waals surface area (Å²) in [6.07, 6.45) is 0. The minimum atomic E-state index is -1.65. The zero-order chi connectivity index (χ0) is 20.3. The van der Waals surface area contributed by atoms with Crippen LogP contribution in [0, 0.1) is 10.1 Å². The molecular weight excluding hydrogens is 370 g/mol. The summed E-state index contributed by atoms with van der Waals surface area (Å²) in [6.45, 7) is 0.0606. The minimum absolute atomic E-state index is 0.0606. The molecule has 3 N–H and O–H groups in total. The van der Waals surface area contributed by atoms with Gasteiger partial charge in [-0.05, 0) is 17.7 Å². The Morgan fingerprint density at radius 2 is 1.89 bits per heavy atom. The second-order valence-electron chi connectivity index (χ2n) is 5.60. The van der Waals surface area contributed by atoms with Crippen molar-refractivity contribution in [2.45, 2.75) is 6.61 Å². The Morgan fingerprint density at radius 1 is 1.18 bits per heavy atom. The zero-order valence-electron chi connectivity index (χ0n) is 14.2. The number of nitrogens with zero attached hydrogens (tertiary/aromatic N) is 2. The van der Waals surface area contributed by atoms with Crippen molar-refractivity contribution in [1.29, 1.82) is 0 Å². The van der Waals surface area contributed by atoms with Crippen LogP contribution in [0.4, 0.5) is 5.69 Å². The molecule has 0 fully saturated rings. The third-order valence-corrected chi connectivity index (χ3v) is 3.77. The van der Waals surface area contributed by atoms with E-state index < -0.39 is 33.6 Å². The van der Waals surface area contributed by atoms with Gasteiger partial charge in [-0.1, -0.05) is 36.4 Å². The predicted octanol–water partition coefficient (Wildman–Crippen LogP) is 2.33. The number of rotatable bonds is 6. The molecule has 0 saturated heterocycles. The number of aromatic carboxylic acids is 1. The van der Waals surface area contributed by atoms with E-state index >= 15 is 0 Å². The average Bonchev–Trinajstić information content (AvgIpc) is 2.68. The van der Waals surface area contributed by atoms with E-state index in [-0.39, 0.29) is 23.7 Å². The van der Waals surface area contributed by atoms with Gasteiger partial charge in [-0.2, -0.15) is 0 Å². The van der Waals surface area contributed by atoms with Gasteiger partial charge in [0.05, 0.1) is 10.5 Å². The van der Waals surface area contributed by atoms with Crippen LogP contribution < -0.4 is 10.3 Å². The summed E-state index contributed by atoms with van der Waals surface area (Å²) in [6, 6.07) is 13.1. The molecule has 28 heavy (non-hydrogen) atoms. The van der Waals surface area contributed by atoms with E-state index in [9.17, 15) is 24.8 Å². The largest absolute Gasteiger partial charge is 0.501 e. The number of hydrogen-bond acceptors (Lipinski definition) is 7. The number of hydrogen-bond donors (Lipinski definition) is 3. The number of aromatic amines is 1.